The zero-order valence-electron chi connectivity index (χ0n) is 7.95. The van der Waals surface area contributed by atoms with E-state index in [9.17, 15) is 4.79 Å². The molecule has 0 N–H and O–H groups in total. The van der Waals surface area contributed by atoms with Crippen LogP contribution >= 0.6 is 27.7 Å². The molecule has 14 heavy (non-hydrogen) atoms. The number of thioether (sulfide) groups is 1. The van der Waals surface area contributed by atoms with Crippen LogP contribution < -0.4 is 0 Å². The van der Waals surface area contributed by atoms with Crippen LogP contribution in [0.4, 0.5) is 0 Å². The van der Waals surface area contributed by atoms with Crippen LogP contribution in [-0.4, -0.2) is 12.3 Å². The molecule has 0 aromatic heterocycles. The molecule has 0 spiro atoms. The fourth-order valence-electron chi connectivity index (χ4n) is 1.10. The first kappa shape index (κ1) is 11.5. The minimum absolute atomic E-state index is 0.125. The van der Waals surface area contributed by atoms with E-state index in [0.717, 1.165) is 10.0 Å². The van der Waals surface area contributed by atoms with Crippen molar-refractivity contribution in [1.82, 2.24) is 0 Å². The molecular weight excluding hydrogens is 262 g/mol. The fourth-order valence-corrected chi connectivity index (χ4v) is 2.44. The van der Waals surface area contributed by atoms with E-state index >= 15 is 0 Å². The van der Waals surface area contributed by atoms with Gasteiger partial charge in [-0.05, 0) is 46.8 Å². The molecule has 0 aliphatic carbocycles. The Hall–Kier alpha value is -0.570. The van der Waals surface area contributed by atoms with Crippen LogP contribution in [0.25, 0.3) is 0 Å². The third kappa shape index (κ3) is 2.71. The molecule has 0 aliphatic rings. The zero-order valence-corrected chi connectivity index (χ0v) is 10.4. The van der Waals surface area contributed by atoms with E-state index in [-0.39, 0.29) is 6.04 Å². The summed E-state index contributed by atoms with van der Waals surface area (Å²) in [5.74, 6) is 0. The standard InChI is InChI=1S/C10H10BrNOS/c1-7(12-6-13)8-3-4-10(14-2)9(11)5-8/h3-5,7H,1-2H3. The zero-order chi connectivity index (χ0) is 10.6. The van der Waals surface area contributed by atoms with Crippen molar-refractivity contribution in [1.29, 1.82) is 0 Å². The van der Waals surface area contributed by atoms with Crippen molar-refractivity contribution in [2.45, 2.75) is 17.9 Å². The van der Waals surface area contributed by atoms with Gasteiger partial charge >= 0.3 is 0 Å². The maximum absolute atomic E-state index is 10.1. The van der Waals surface area contributed by atoms with Gasteiger partial charge in [0.1, 0.15) is 0 Å². The lowest BCUT2D eigenvalue weighted by Crippen LogP contribution is -1.89. The number of rotatable bonds is 3. The SMILES string of the molecule is CSc1ccc(C(C)N=C=O)cc1Br. The van der Waals surface area contributed by atoms with Crippen LogP contribution in [0.3, 0.4) is 0 Å². The lowest BCUT2D eigenvalue weighted by atomic mass is 10.1. The summed E-state index contributed by atoms with van der Waals surface area (Å²) in [7, 11) is 0. The largest absolute Gasteiger partial charge is 0.235 e. The molecule has 0 aliphatic heterocycles. The Kier molecular flexibility index (Phi) is 4.39. The molecule has 0 radical (unpaired) electrons. The predicted octanol–water partition coefficient (Wildman–Crippen LogP) is 3.57. The molecule has 2 nitrogen and oxygen atoms in total. The molecule has 0 saturated heterocycles. The second-order valence-corrected chi connectivity index (χ2v) is 4.49. The van der Waals surface area contributed by atoms with Gasteiger partial charge in [0.15, 0.2) is 0 Å². The van der Waals surface area contributed by atoms with Gasteiger partial charge in [0, 0.05) is 9.37 Å². The minimum Gasteiger partial charge on any atom is -0.211 e. The van der Waals surface area contributed by atoms with E-state index in [1.165, 1.54) is 4.90 Å². The number of carbonyl (C=O) groups excluding carboxylic acids is 1. The van der Waals surface area contributed by atoms with Crippen LogP contribution in [-0.2, 0) is 4.79 Å². The molecule has 0 fully saturated rings. The van der Waals surface area contributed by atoms with Crippen molar-refractivity contribution in [3.63, 3.8) is 0 Å². The maximum atomic E-state index is 10.1. The molecule has 1 rings (SSSR count). The monoisotopic (exact) mass is 271 g/mol. The number of hydrogen-bond acceptors (Lipinski definition) is 3. The third-order valence-electron chi connectivity index (χ3n) is 1.90. The van der Waals surface area contributed by atoms with Crippen LogP contribution in [0.1, 0.15) is 18.5 Å². The van der Waals surface area contributed by atoms with Gasteiger partial charge in [-0.25, -0.2) is 4.79 Å². The second kappa shape index (κ2) is 5.35. The first-order chi connectivity index (χ1) is 6.69. The van der Waals surface area contributed by atoms with Crippen molar-refractivity contribution in [2.24, 2.45) is 4.99 Å². The lowest BCUT2D eigenvalue weighted by Gasteiger charge is -2.07. The van der Waals surface area contributed by atoms with E-state index in [4.69, 9.17) is 0 Å². The summed E-state index contributed by atoms with van der Waals surface area (Å²) in [5, 5.41) is 0. The molecule has 1 aromatic carbocycles. The number of isocyanates is 1. The van der Waals surface area contributed by atoms with Crippen molar-refractivity contribution >= 4 is 33.8 Å². The van der Waals surface area contributed by atoms with Crippen molar-refractivity contribution in [3.05, 3.63) is 28.2 Å². The molecule has 0 saturated carbocycles. The van der Waals surface area contributed by atoms with Gasteiger partial charge in [-0.3, -0.25) is 0 Å². The van der Waals surface area contributed by atoms with Crippen LogP contribution in [0.5, 0.6) is 0 Å². The number of benzene rings is 1. The lowest BCUT2D eigenvalue weighted by molar-refractivity contribution is 0.559. The molecule has 4 heteroatoms. The van der Waals surface area contributed by atoms with E-state index in [1.807, 2.05) is 31.4 Å². The normalized spacial score (nSPS) is 11.9. The minimum atomic E-state index is -0.125. The van der Waals surface area contributed by atoms with Crippen molar-refractivity contribution < 1.29 is 4.79 Å². The second-order valence-electron chi connectivity index (χ2n) is 2.79. The Balaban J connectivity index is 3.01. The Morgan fingerprint density at radius 3 is 2.79 bits per heavy atom. The summed E-state index contributed by atoms with van der Waals surface area (Å²) in [6.07, 6.45) is 3.59. The van der Waals surface area contributed by atoms with Gasteiger partial charge in [-0.1, -0.05) is 6.07 Å². The molecule has 0 amide bonds. The van der Waals surface area contributed by atoms with Crippen LogP contribution in [0, 0.1) is 0 Å². The van der Waals surface area contributed by atoms with E-state index in [2.05, 4.69) is 20.9 Å². The maximum Gasteiger partial charge on any atom is 0.235 e. The Bertz CT molecular complexity index is 374. The Morgan fingerprint density at radius 1 is 1.57 bits per heavy atom. The van der Waals surface area contributed by atoms with Crippen LogP contribution in [0.15, 0.2) is 32.6 Å². The van der Waals surface area contributed by atoms with Gasteiger partial charge < -0.3 is 0 Å². The highest BCUT2D eigenvalue weighted by Crippen LogP contribution is 2.29. The van der Waals surface area contributed by atoms with Crippen molar-refractivity contribution in [2.75, 3.05) is 6.26 Å². The van der Waals surface area contributed by atoms with Gasteiger partial charge in [-0.15, -0.1) is 11.8 Å². The topological polar surface area (TPSA) is 29.4 Å². The highest BCUT2D eigenvalue weighted by Gasteiger charge is 2.05. The summed E-state index contributed by atoms with van der Waals surface area (Å²) in [6, 6.07) is 5.85. The molecule has 0 bridgehead atoms. The summed E-state index contributed by atoms with van der Waals surface area (Å²) in [6.45, 7) is 1.87. The molecule has 0 heterocycles. The number of aliphatic imine (C=N–C) groups is 1. The Morgan fingerprint density at radius 2 is 2.29 bits per heavy atom. The predicted molar refractivity (Wildman–Crippen MR) is 62.5 cm³/mol. The Labute approximate surface area is 95.9 Å². The molecule has 1 aromatic rings. The fraction of sp³-hybridized carbons (Fsp3) is 0.300. The smallest absolute Gasteiger partial charge is 0.211 e. The number of nitrogens with zero attached hydrogens (tertiary/aromatic N) is 1. The van der Waals surface area contributed by atoms with Crippen LogP contribution in [0.2, 0.25) is 0 Å². The average Bonchev–Trinajstić information content (AvgIpc) is 2.18. The van der Waals surface area contributed by atoms with E-state index in [0.29, 0.717) is 0 Å². The van der Waals surface area contributed by atoms with Crippen molar-refractivity contribution in [3.8, 4) is 0 Å². The number of hydrogen-bond donors (Lipinski definition) is 0. The summed E-state index contributed by atoms with van der Waals surface area (Å²) < 4.78 is 1.04. The third-order valence-corrected chi connectivity index (χ3v) is 3.62. The van der Waals surface area contributed by atoms with E-state index < -0.39 is 0 Å². The average molecular weight is 272 g/mol. The summed E-state index contributed by atoms with van der Waals surface area (Å²) in [4.78, 5) is 14.9. The number of halogens is 1. The molecule has 74 valence electrons. The molecular formula is C10H10BrNOS. The van der Waals surface area contributed by atoms with Gasteiger partial charge in [0.25, 0.3) is 0 Å². The van der Waals surface area contributed by atoms with Gasteiger partial charge in [-0.2, -0.15) is 4.99 Å². The van der Waals surface area contributed by atoms with Gasteiger partial charge in [0.05, 0.1) is 6.04 Å². The first-order valence-corrected chi connectivity index (χ1v) is 6.11. The summed E-state index contributed by atoms with van der Waals surface area (Å²) in [5.41, 5.74) is 1.01. The highest BCUT2D eigenvalue weighted by atomic mass is 79.9. The molecule has 1 unspecified atom stereocenters. The van der Waals surface area contributed by atoms with E-state index in [1.54, 1.807) is 17.8 Å². The first-order valence-electron chi connectivity index (χ1n) is 4.09. The van der Waals surface area contributed by atoms with Gasteiger partial charge in [0.2, 0.25) is 6.08 Å². The molecule has 1 atom stereocenters. The highest BCUT2D eigenvalue weighted by molar-refractivity contribution is 9.10. The quantitative estimate of drug-likeness (QED) is 0.478. The summed E-state index contributed by atoms with van der Waals surface area (Å²) >= 11 is 5.14.